The first-order chi connectivity index (χ1) is 16.6. The summed E-state index contributed by atoms with van der Waals surface area (Å²) < 4.78 is 5.69. The summed E-state index contributed by atoms with van der Waals surface area (Å²) in [5.74, 6) is -0.792. The maximum absolute atomic E-state index is 12.2. The summed E-state index contributed by atoms with van der Waals surface area (Å²) in [4.78, 5) is 22.7. The molecule has 0 aromatic rings. The second-order valence-corrected chi connectivity index (χ2v) is 9.94. The average molecular weight is 481 g/mol. The van der Waals surface area contributed by atoms with Crippen LogP contribution in [0.1, 0.15) is 162 Å². The minimum atomic E-state index is -0.734. The molecule has 34 heavy (non-hydrogen) atoms. The van der Waals surface area contributed by atoms with Crippen LogP contribution in [0.3, 0.4) is 0 Å². The maximum Gasteiger partial charge on any atom is 0.306 e. The molecule has 0 spiro atoms. The third-order valence-corrected chi connectivity index (χ3v) is 6.47. The van der Waals surface area contributed by atoms with Crippen LogP contribution < -0.4 is 0 Å². The van der Waals surface area contributed by atoms with E-state index >= 15 is 0 Å². The standard InChI is InChI=1S/C30H56O4/c1-3-5-6-7-8-9-10-11-12-13-14-15-16-17-18-19-23-27-30(33)34-28(24-4-2)25-21-20-22-26-29(31)32/h11-12,28H,3-10,13-27H2,1-2H3,(H,31,32)/b12-11-. The maximum atomic E-state index is 12.2. The fourth-order valence-corrected chi connectivity index (χ4v) is 4.35. The van der Waals surface area contributed by atoms with Gasteiger partial charge in [0.05, 0.1) is 0 Å². The predicted molar refractivity (Wildman–Crippen MR) is 144 cm³/mol. The van der Waals surface area contributed by atoms with Gasteiger partial charge in [0.15, 0.2) is 0 Å². The molecule has 0 fully saturated rings. The molecule has 200 valence electrons. The highest BCUT2D eigenvalue weighted by Crippen LogP contribution is 2.16. The molecule has 0 saturated heterocycles. The summed E-state index contributed by atoms with van der Waals surface area (Å²) in [6.07, 6.45) is 30.0. The fourth-order valence-electron chi connectivity index (χ4n) is 4.35. The number of hydrogen-bond donors (Lipinski definition) is 1. The molecule has 0 radical (unpaired) electrons. The molecule has 0 aliphatic heterocycles. The van der Waals surface area contributed by atoms with Crippen LogP contribution in [0.15, 0.2) is 12.2 Å². The Hall–Kier alpha value is -1.32. The summed E-state index contributed by atoms with van der Waals surface area (Å²) in [5, 5.41) is 8.70. The Bertz CT molecular complexity index is 486. The van der Waals surface area contributed by atoms with E-state index in [1.807, 2.05) is 0 Å². The van der Waals surface area contributed by atoms with Gasteiger partial charge in [-0.3, -0.25) is 9.59 Å². The lowest BCUT2D eigenvalue weighted by Crippen LogP contribution is -2.18. The van der Waals surface area contributed by atoms with Crippen molar-refractivity contribution in [1.82, 2.24) is 0 Å². The van der Waals surface area contributed by atoms with Gasteiger partial charge in [0.2, 0.25) is 0 Å². The van der Waals surface area contributed by atoms with Crippen molar-refractivity contribution >= 4 is 11.9 Å². The number of carboxylic acid groups (broad SMARTS) is 1. The van der Waals surface area contributed by atoms with Crippen LogP contribution in [0.5, 0.6) is 0 Å². The molecule has 1 unspecified atom stereocenters. The van der Waals surface area contributed by atoms with Crippen LogP contribution in [0.25, 0.3) is 0 Å². The number of unbranched alkanes of at least 4 members (excludes halogenated alkanes) is 15. The smallest absolute Gasteiger partial charge is 0.306 e. The lowest BCUT2D eigenvalue weighted by atomic mass is 10.1. The fraction of sp³-hybridized carbons (Fsp3) is 0.867. The molecule has 0 aromatic heterocycles. The van der Waals surface area contributed by atoms with Gasteiger partial charge in [-0.25, -0.2) is 0 Å². The van der Waals surface area contributed by atoms with Gasteiger partial charge in [-0.15, -0.1) is 0 Å². The molecule has 1 atom stereocenters. The van der Waals surface area contributed by atoms with Crippen molar-refractivity contribution in [2.45, 2.75) is 168 Å². The highest BCUT2D eigenvalue weighted by atomic mass is 16.5. The van der Waals surface area contributed by atoms with Gasteiger partial charge in [0.25, 0.3) is 0 Å². The molecule has 4 heteroatoms. The van der Waals surface area contributed by atoms with Crippen molar-refractivity contribution in [2.75, 3.05) is 0 Å². The quantitative estimate of drug-likeness (QED) is 0.0760. The molecular weight excluding hydrogens is 424 g/mol. The molecule has 4 nitrogen and oxygen atoms in total. The van der Waals surface area contributed by atoms with E-state index in [-0.39, 0.29) is 18.5 Å². The van der Waals surface area contributed by atoms with E-state index in [1.54, 1.807) is 0 Å². The molecular formula is C30H56O4. The Labute approximate surface area is 211 Å². The van der Waals surface area contributed by atoms with Crippen molar-refractivity contribution in [3.63, 3.8) is 0 Å². The molecule has 0 aromatic carbocycles. The van der Waals surface area contributed by atoms with Gasteiger partial charge < -0.3 is 9.84 Å². The zero-order valence-electron chi connectivity index (χ0n) is 22.7. The van der Waals surface area contributed by atoms with Gasteiger partial charge in [0, 0.05) is 12.8 Å². The Morgan fingerprint density at radius 3 is 1.68 bits per heavy atom. The molecule has 0 rings (SSSR count). The van der Waals surface area contributed by atoms with Gasteiger partial charge in [-0.1, -0.05) is 103 Å². The summed E-state index contributed by atoms with van der Waals surface area (Å²) in [5.41, 5.74) is 0. The monoisotopic (exact) mass is 480 g/mol. The number of aliphatic carboxylic acids is 1. The second kappa shape index (κ2) is 26.3. The first-order valence-electron chi connectivity index (χ1n) is 14.7. The number of esters is 1. The highest BCUT2D eigenvalue weighted by Gasteiger charge is 2.13. The van der Waals surface area contributed by atoms with Crippen molar-refractivity contribution in [3.8, 4) is 0 Å². The van der Waals surface area contributed by atoms with Gasteiger partial charge in [-0.2, -0.15) is 0 Å². The number of carboxylic acids is 1. The van der Waals surface area contributed by atoms with E-state index in [1.165, 1.54) is 83.5 Å². The zero-order chi connectivity index (χ0) is 25.1. The highest BCUT2D eigenvalue weighted by molar-refractivity contribution is 5.69. The number of carbonyl (C=O) groups excluding carboxylic acids is 1. The van der Waals surface area contributed by atoms with Gasteiger partial charge in [0.1, 0.15) is 6.10 Å². The Balaban J connectivity index is 3.52. The van der Waals surface area contributed by atoms with Crippen LogP contribution >= 0.6 is 0 Å². The predicted octanol–water partition coefficient (Wildman–Crippen LogP) is 9.55. The third kappa shape index (κ3) is 25.3. The summed E-state index contributed by atoms with van der Waals surface area (Å²) in [6, 6.07) is 0. The topological polar surface area (TPSA) is 63.6 Å². The van der Waals surface area contributed by atoms with Crippen molar-refractivity contribution in [2.24, 2.45) is 0 Å². The van der Waals surface area contributed by atoms with Crippen molar-refractivity contribution in [1.29, 1.82) is 0 Å². The van der Waals surface area contributed by atoms with E-state index in [4.69, 9.17) is 9.84 Å². The molecule has 0 heterocycles. The summed E-state index contributed by atoms with van der Waals surface area (Å²) in [7, 11) is 0. The lowest BCUT2D eigenvalue weighted by Gasteiger charge is -2.17. The first kappa shape index (κ1) is 32.7. The van der Waals surface area contributed by atoms with E-state index in [2.05, 4.69) is 26.0 Å². The van der Waals surface area contributed by atoms with Crippen LogP contribution in [-0.2, 0) is 14.3 Å². The van der Waals surface area contributed by atoms with Crippen molar-refractivity contribution in [3.05, 3.63) is 12.2 Å². The zero-order valence-corrected chi connectivity index (χ0v) is 22.7. The molecule has 1 N–H and O–H groups in total. The molecule has 0 saturated carbocycles. The van der Waals surface area contributed by atoms with E-state index in [9.17, 15) is 9.59 Å². The largest absolute Gasteiger partial charge is 0.481 e. The van der Waals surface area contributed by atoms with Gasteiger partial charge in [-0.05, 0) is 57.8 Å². The number of carbonyl (C=O) groups is 2. The van der Waals surface area contributed by atoms with Gasteiger partial charge >= 0.3 is 11.9 Å². The Kier molecular flexibility index (Phi) is 25.3. The second-order valence-electron chi connectivity index (χ2n) is 9.94. The van der Waals surface area contributed by atoms with Crippen LogP contribution in [0.4, 0.5) is 0 Å². The van der Waals surface area contributed by atoms with E-state index in [0.717, 1.165) is 44.9 Å². The minimum absolute atomic E-state index is 0.00201. The molecule has 0 aliphatic rings. The lowest BCUT2D eigenvalue weighted by molar-refractivity contribution is -0.150. The summed E-state index contributed by atoms with van der Waals surface area (Å²) >= 11 is 0. The van der Waals surface area contributed by atoms with E-state index in [0.29, 0.717) is 12.8 Å². The number of rotatable bonds is 26. The van der Waals surface area contributed by atoms with Crippen LogP contribution in [0.2, 0.25) is 0 Å². The average Bonchev–Trinajstić information content (AvgIpc) is 2.80. The van der Waals surface area contributed by atoms with Crippen molar-refractivity contribution < 1.29 is 19.4 Å². The Morgan fingerprint density at radius 1 is 0.618 bits per heavy atom. The van der Waals surface area contributed by atoms with Crippen LogP contribution in [0, 0.1) is 0 Å². The van der Waals surface area contributed by atoms with E-state index < -0.39 is 5.97 Å². The molecule has 0 bridgehead atoms. The van der Waals surface area contributed by atoms with Crippen LogP contribution in [-0.4, -0.2) is 23.1 Å². The first-order valence-corrected chi connectivity index (χ1v) is 14.7. The SMILES string of the molecule is CCCCCCCC/C=C\CCCCCCCCCC(=O)OC(CCC)CCCCCC(=O)O. The summed E-state index contributed by atoms with van der Waals surface area (Å²) in [6.45, 7) is 4.38. The Morgan fingerprint density at radius 2 is 1.12 bits per heavy atom. The molecule has 0 amide bonds. The number of ether oxygens (including phenoxy) is 1. The minimum Gasteiger partial charge on any atom is -0.481 e. The number of allylic oxidation sites excluding steroid dienone is 2. The molecule has 0 aliphatic carbocycles. The number of hydrogen-bond acceptors (Lipinski definition) is 3. The third-order valence-electron chi connectivity index (χ3n) is 6.47. The normalized spacial score (nSPS) is 12.3.